The van der Waals surface area contributed by atoms with E-state index in [4.69, 9.17) is 23.9 Å². The number of rotatable bonds is 0. The second-order valence-corrected chi connectivity index (χ2v) is 3.78. The highest BCUT2D eigenvalue weighted by atomic mass is 35.5. The number of benzene rings is 1. The SMILES string of the molecule is [B]c1cc(Cl)cc2oc3cnccc3c12. The van der Waals surface area contributed by atoms with Crippen LogP contribution in [0.25, 0.3) is 21.9 Å². The van der Waals surface area contributed by atoms with Gasteiger partial charge in [-0.05, 0) is 18.2 Å². The zero-order valence-corrected chi connectivity index (χ0v) is 8.45. The first-order valence-electron chi connectivity index (χ1n) is 4.47. The fourth-order valence-corrected chi connectivity index (χ4v) is 1.97. The summed E-state index contributed by atoms with van der Waals surface area (Å²) in [5.74, 6) is 0. The molecule has 1 aromatic carbocycles. The Kier molecular flexibility index (Phi) is 1.76. The van der Waals surface area contributed by atoms with Crippen LogP contribution in [0.4, 0.5) is 0 Å². The number of hydrogen-bond acceptors (Lipinski definition) is 2. The molecule has 0 aliphatic heterocycles. The number of fused-ring (bicyclic) bond motifs is 3. The van der Waals surface area contributed by atoms with Crippen LogP contribution < -0.4 is 5.46 Å². The predicted molar refractivity (Wildman–Crippen MR) is 61.9 cm³/mol. The first-order valence-corrected chi connectivity index (χ1v) is 4.85. The Morgan fingerprint density at radius 3 is 3.00 bits per heavy atom. The standard InChI is InChI=1S/C11H5BClNO/c12-8-3-6(13)4-9-11(8)7-1-2-14-5-10(7)15-9/h1-5H. The summed E-state index contributed by atoms with van der Waals surface area (Å²) in [7, 11) is 5.90. The van der Waals surface area contributed by atoms with E-state index in [1.54, 1.807) is 24.5 Å². The fraction of sp³-hybridized carbons (Fsp3) is 0. The molecule has 2 heterocycles. The molecule has 4 heteroatoms. The first kappa shape index (κ1) is 8.80. The van der Waals surface area contributed by atoms with Crippen molar-refractivity contribution in [3.8, 4) is 0 Å². The van der Waals surface area contributed by atoms with Crippen molar-refractivity contribution in [3.05, 3.63) is 35.6 Å². The van der Waals surface area contributed by atoms with Crippen LogP contribution in [0.1, 0.15) is 0 Å². The van der Waals surface area contributed by atoms with E-state index in [0.29, 0.717) is 16.1 Å². The van der Waals surface area contributed by atoms with Crippen LogP contribution >= 0.6 is 11.6 Å². The highest BCUT2D eigenvalue weighted by molar-refractivity contribution is 6.43. The molecule has 0 N–H and O–H groups in total. The minimum absolute atomic E-state index is 0.576. The quantitative estimate of drug-likeness (QED) is 0.536. The molecule has 0 spiro atoms. The van der Waals surface area contributed by atoms with Crippen molar-refractivity contribution in [1.29, 1.82) is 0 Å². The Hall–Kier alpha value is -1.48. The van der Waals surface area contributed by atoms with E-state index in [-0.39, 0.29) is 0 Å². The van der Waals surface area contributed by atoms with Gasteiger partial charge < -0.3 is 4.42 Å². The van der Waals surface area contributed by atoms with Gasteiger partial charge in [-0.2, -0.15) is 0 Å². The van der Waals surface area contributed by atoms with Crippen LogP contribution in [0.3, 0.4) is 0 Å². The first-order chi connectivity index (χ1) is 7.25. The molecule has 0 fully saturated rings. The van der Waals surface area contributed by atoms with E-state index in [2.05, 4.69) is 4.98 Å². The van der Waals surface area contributed by atoms with Gasteiger partial charge in [-0.15, -0.1) is 0 Å². The normalized spacial score (nSPS) is 11.3. The van der Waals surface area contributed by atoms with Crippen LogP contribution in [0.5, 0.6) is 0 Å². The van der Waals surface area contributed by atoms with E-state index < -0.39 is 0 Å². The highest BCUT2D eigenvalue weighted by Gasteiger charge is 2.09. The van der Waals surface area contributed by atoms with E-state index in [0.717, 1.165) is 16.4 Å². The van der Waals surface area contributed by atoms with Gasteiger partial charge in [0.15, 0.2) is 5.58 Å². The molecular weight excluding hydrogens is 208 g/mol. The van der Waals surface area contributed by atoms with Gasteiger partial charge in [0.25, 0.3) is 0 Å². The molecule has 3 rings (SSSR count). The van der Waals surface area contributed by atoms with Gasteiger partial charge in [0.2, 0.25) is 0 Å². The Balaban J connectivity index is 2.61. The van der Waals surface area contributed by atoms with Gasteiger partial charge in [-0.1, -0.05) is 17.1 Å². The molecule has 0 bridgehead atoms. The highest BCUT2D eigenvalue weighted by Crippen LogP contribution is 2.27. The second kappa shape index (κ2) is 3.01. The number of nitrogens with zero attached hydrogens (tertiary/aromatic N) is 1. The fourth-order valence-electron chi connectivity index (χ4n) is 1.76. The zero-order chi connectivity index (χ0) is 10.4. The molecule has 70 valence electrons. The topological polar surface area (TPSA) is 26.0 Å². The lowest BCUT2D eigenvalue weighted by Crippen LogP contribution is -2.01. The van der Waals surface area contributed by atoms with Crippen LogP contribution in [0.2, 0.25) is 5.02 Å². The molecule has 2 aromatic heterocycles. The Bertz CT molecular complexity index is 662. The van der Waals surface area contributed by atoms with E-state index in [1.165, 1.54) is 0 Å². The maximum atomic E-state index is 5.90. The van der Waals surface area contributed by atoms with Crippen LogP contribution in [-0.2, 0) is 0 Å². The molecule has 0 unspecified atom stereocenters. The lowest BCUT2D eigenvalue weighted by molar-refractivity contribution is 0.667. The third-order valence-corrected chi connectivity index (χ3v) is 2.59. The van der Waals surface area contributed by atoms with Crippen molar-refractivity contribution in [1.82, 2.24) is 4.98 Å². The molecule has 0 saturated heterocycles. The largest absolute Gasteiger partial charge is 0.454 e. The number of pyridine rings is 1. The monoisotopic (exact) mass is 213 g/mol. The Labute approximate surface area is 92.3 Å². The van der Waals surface area contributed by atoms with E-state index in [9.17, 15) is 0 Å². The summed E-state index contributed by atoms with van der Waals surface area (Å²) in [5, 5.41) is 2.44. The van der Waals surface area contributed by atoms with E-state index >= 15 is 0 Å². The summed E-state index contributed by atoms with van der Waals surface area (Å²) in [6.45, 7) is 0. The maximum absolute atomic E-state index is 5.90. The smallest absolute Gasteiger partial charge is 0.153 e. The molecule has 2 radical (unpaired) electrons. The van der Waals surface area contributed by atoms with Gasteiger partial charge in [0.05, 0.1) is 6.20 Å². The van der Waals surface area contributed by atoms with Gasteiger partial charge in [0.1, 0.15) is 13.4 Å². The molecule has 3 aromatic rings. The van der Waals surface area contributed by atoms with Crippen LogP contribution in [-0.4, -0.2) is 12.8 Å². The van der Waals surface area contributed by atoms with Crippen molar-refractivity contribution >= 4 is 46.8 Å². The predicted octanol–water partition coefficient (Wildman–Crippen LogP) is 2.43. The summed E-state index contributed by atoms with van der Waals surface area (Å²) < 4.78 is 5.59. The molecule has 2 nitrogen and oxygen atoms in total. The average molecular weight is 213 g/mol. The van der Waals surface area contributed by atoms with Gasteiger partial charge in [-0.3, -0.25) is 4.98 Å². The molecule has 15 heavy (non-hydrogen) atoms. The Morgan fingerprint density at radius 1 is 1.27 bits per heavy atom. The zero-order valence-electron chi connectivity index (χ0n) is 7.70. The van der Waals surface area contributed by atoms with Gasteiger partial charge >= 0.3 is 0 Å². The Morgan fingerprint density at radius 2 is 2.13 bits per heavy atom. The molecule has 0 aliphatic rings. The lowest BCUT2D eigenvalue weighted by atomic mass is 9.91. The molecular formula is C11H5BClNO. The van der Waals surface area contributed by atoms with Crippen molar-refractivity contribution in [2.75, 3.05) is 0 Å². The lowest BCUT2D eigenvalue weighted by Gasteiger charge is -1.96. The second-order valence-electron chi connectivity index (χ2n) is 3.34. The molecule has 0 aliphatic carbocycles. The number of furan rings is 1. The third kappa shape index (κ3) is 1.23. The van der Waals surface area contributed by atoms with Crippen molar-refractivity contribution < 1.29 is 4.42 Å². The molecule has 0 atom stereocenters. The van der Waals surface area contributed by atoms with Crippen LogP contribution in [0, 0.1) is 0 Å². The van der Waals surface area contributed by atoms with Crippen molar-refractivity contribution in [2.45, 2.75) is 0 Å². The van der Waals surface area contributed by atoms with Gasteiger partial charge in [-0.25, -0.2) is 0 Å². The third-order valence-electron chi connectivity index (χ3n) is 2.37. The van der Waals surface area contributed by atoms with Crippen molar-refractivity contribution in [2.24, 2.45) is 0 Å². The summed E-state index contributed by atoms with van der Waals surface area (Å²) in [4.78, 5) is 3.99. The summed E-state index contributed by atoms with van der Waals surface area (Å²) in [6, 6.07) is 5.36. The minimum Gasteiger partial charge on any atom is -0.454 e. The number of halogens is 1. The van der Waals surface area contributed by atoms with Gasteiger partial charge in [0, 0.05) is 22.0 Å². The van der Waals surface area contributed by atoms with Crippen molar-refractivity contribution in [3.63, 3.8) is 0 Å². The summed E-state index contributed by atoms with van der Waals surface area (Å²) >= 11 is 5.90. The molecule has 0 saturated carbocycles. The number of hydrogen-bond donors (Lipinski definition) is 0. The molecule has 0 amide bonds. The van der Waals surface area contributed by atoms with Crippen LogP contribution in [0.15, 0.2) is 35.0 Å². The van der Waals surface area contributed by atoms with E-state index in [1.807, 2.05) is 6.07 Å². The minimum atomic E-state index is 0.576. The summed E-state index contributed by atoms with van der Waals surface area (Å²) in [6.07, 6.45) is 3.38. The summed E-state index contributed by atoms with van der Waals surface area (Å²) in [5.41, 5.74) is 2.05. The average Bonchev–Trinajstić information content (AvgIpc) is 2.54. The number of aromatic nitrogens is 1. The maximum Gasteiger partial charge on any atom is 0.153 e.